The molecule has 0 aliphatic heterocycles. The van der Waals surface area contributed by atoms with Gasteiger partial charge in [0.05, 0.1) is 0 Å². The summed E-state index contributed by atoms with van der Waals surface area (Å²) in [6.45, 7) is 0. The van der Waals surface area contributed by atoms with E-state index in [9.17, 15) is 0 Å². The van der Waals surface area contributed by atoms with Crippen molar-refractivity contribution < 1.29 is 55.5 Å². The topological polar surface area (TPSA) is 231 Å². The first-order valence-electron chi connectivity index (χ1n) is 1.33. The van der Waals surface area contributed by atoms with Gasteiger partial charge in [-0.1, -0.05) is 0 Å². The van der Waals surface area contributed by atoms with Crippen LogP contribution in [0.3, 0.4) is 0 Å². The molecule has 0 unspecified atom stereocenters. The van der Waals surface area contributed by atoms with E-state index in [1.54, 1.807) is 0 Å². The molecule has 0 radical (unpaired) electrons. The van der Waals surface area contributed by atoms with Crippen LogP contribution in [0.15, 0.2) is 0 Å². The van der Waals surface area contributed by atoms with Gasteiger partial charge in [0.25, 0.3) is 0 Å². The van der Waals surface area contributed by atoms with Gasteiger partial charge in [-0.05, 0) is 0 Å². The molecule has 0 rings (SSSR count). The van der Waals surface area contributed by atoms with Crippen molar-refractivity contribution in [3.05, 3.63) is 0 Å². The molecule has 90 valence electrons. The Morgan fingerprint density at radius 1 is 0.615 bits per heavy atom. The predicted octanol–water partition coefficient (Wildman–Crippen LogP) is -2.35. The third-order valence-corrected chi connectivity index (χ3v) is 0. The summed E-state index contributed by atoms with van der Waals surface area (Å²) in [4.78, 5) is 0. The molecule has 0 saturated carbocycles. The summed E-state index contributed by atoms with van der Waals surface area (Å²) in [5.74, 6) is 0. The molecular formula is H6N2O8PdS2-4. The second-order valence-corrected chi connectivity index (χ2v) is 2.45. The summed E-state index contributed by atoms with van der Waals surface area (Å²) in [6.07, 6.45) is 0. The molecule has 13 heavy (non-hydrogen) atoms. The van der Waals surface area contributed by atoms with Crippen molar-refractivity contribution in [3.8, 4) is 0 Å². The van der Waals surface area contributed by atoms with Crippen molar-refractivity contribution in [1.29, 1.82) is 0 Å². The molecule has 10 nitrogen and oxygen atoms in total. The smallest absolute Gasteiger partial charge is 0.0311 e. The summed E-state index contributed by atoms with van der Waals surface area (Å²) >= 11 is 0. The van der Waals surface area contributed by atoms with E-state index in [1.165, 1.54) is 0 Å². The molecular weight excluding hydrogens is 327 g/mol. The normalized spacial score (nSPS) is 8.92. The van der Waals surface area contributed by atoms with Gasteiger partial charge in [-0.3, -0.25) is 16.8 Å². The Morgan fingerprint density at radius 2 is 0.615 bits per heavy atom. The van der Waals surface area contributed by atoms with E-state index >= 15 is 0 Å². The molecule has 0 aromatic rings. The monoisotopic (exact) mass is 332 g/mol. The van der Waals surface area contributed by atoms with Crippen LogP contribution in [0, 0.1) is 0 Å². The van der Waals surface area contributed by atoms with Crippen LogP contribution in [-0.2, 0) is 41.2 Å². The minimum atomic E-state index is -5.17. The van der Waals surface area contributed by atoms with E-state index in [2.05, 4.69) is 0 Å². The van der Waals surface area contributed by atoms with Crippen molar-refractivity contribution in [1.82, 2.24) is 12.3 Å². The Balaban J connectivity index is -0.0000000267. The Morgan fingerprint density at radius 3 is 0.615 bits per heavy atom. The summed E-state index contributed by atoms with van der Waals surface area (Å²) in [5, 5.41) is 0. The van der Waals surface area contributed by atoms with Crippen LogP contribution in [-0.4, -0.2) is 35.0 Å². The fraction of sp³-hybridized carbons (Fsp3) is 0. The van der Waals surface area contributed by atoms with Gasteiger partial charge in [0.2, 0.25) is 0 Å². The SMILES string of the molecule is N.N.O=S(=O)([O-])[O-].O=S(=O)([O-])[O-].[Pd]. The molecule has 13 heteroatoms. The Bertz CT molecular complexity index is 217. The standard InChI is InChI=1S/2H3N.2H2O4S.Pd/c;;2*1-5(2,3)4;/h2*1H3;2*(H2,1,2,3,4);/p-4. The molecule has 0 aliphatic carbocycles. The molecule has 0 heterocycles. The molecule has 0 atom stereocenters. The summed E-state index contributed by atoms with van der Waals surface area (Å²) in [7, 11) is -10.3. The van der Waals surface area contributed by atoms with E-state index < -0.39 is 20.8 Å². The Hall–Kier alpha value is 0.322. The Labute approximate surface area is 88.7 Å². The predicted molar refractivity (Wildman–Crippen MR) is 31.0 cm³/mol. The minimum Gasteiger partial charge on any atom is -0.759 e. The fourth-order valence-electron chi connectivity index (χ4n) is 0. The van der Waals surface area contributed by atoms with E-state index in [4.69, 9.17) is 35.0 Å². The quantitative estimate of drug-likeness (QED) is 0.272. The second-order valence-electron chi connectivity index (χ2n) is 0.816. The van der Waals surface area contributed by atoms with Crippen LogP contribution < -0.4 is 12.3 Å². The molecule has 0 spiro atoms. The van der Waals surface area contributed by atoms with E-state index in [0.29, 0.717) is 0 Å². The summed E-state index contributed by atoms with van der Waals surface area (Å²) in [5.41, 5.74) is 0. The first-order chi connectivity index (χ1) is 4.00. The molecule has 0 aromatic carbocycles. The number of rotatable bonds is 0. The first-order valence-corrected chi connectivity index (χ1v) is 4.00. The van der Waals surface area contributed by atoms with Gasteiger partial charge in [-0.25, -0.2) is 0 Å². The Kier molecular flexibility index (Phi) is 23.4. The van der Waals surface area contributed by atoms with E-state index in [1.807, 2.05) is 0 Å². The van der Waals surface area contributed by atoms with Crippen molar-refractivity contribution in [2.24, 2.45) is 0 Å². The number of hydrogen-bond donors (Lipinski definition) is 2. The van der Waals surface area contributed by atoms with Crippen molar-refractivity contribution >= 4 is 20.8 Å². The van der Waals surface area contributed by atoms with Crippen LogP contribution in [0.5, 0.6) is 0 Å². The van der Waals surface area contributed by atoms with Gasteiger partial charge < -0.3 is 30.5 Å². The van der Waals surface area contributed by atoms with Crippen LogP contribution in [0.25, 0.3) is 0 Å². The third kappa shape index (κ3) is 12600. The number of hydrogen-bond acceptors (Lipinski definition) is 10. The van der Waals surface area contributed by atoms with Gasteiger partial charge >= 0.3 is 0 Å². The zero-order valence-corrected chi connectivity index (χ0v) is 9.00. The molecule has 0 aliphatic rings. The fourth-order valence-corrected chi connectivity index (χ4v) is 0. The minimum absolute atomic E-state index is 0. The van der Waals surface area contributed by atoms with Gasteiger partial charge in [0, 0.05) is 41.2 Å². The third-order valence-electron chi connectivity index (χ3n) is 0. The molecule has 6 N–H and O–H groups in total. The molecule has 0 amide bonds. The summed E-state index contributed by atoms with van der Waals surface area (Å²) < 4.78 is 68.2. The maximum atomic E-state index is 8.52. The average Bonchev–Trinajstić information content (AvgIpc) is 1.12. The van der Waals surface area contributed by atoms with Gasteiger partial charge in [0.15, 0.2) is 0 Å². The second kappa shape index (κ2) is 10.4. The summed E-state index contributed by atoms with van der Waals surface area (Å²) in [6, 6.07) is 0. The molecule has 0 saturated heterocycles. The van der Waals surface area contributed by atoms with Gasteiger partial charge in [-0.15, -0.1) is 0 Å². The van der Waals surface area contributed by atoms with Crippen molar-refractivity contribution in [3.63, 3.8) is 0 Å². The van der Waals surface area contributed by atoms with Gasteiger partial charge in [0.1, 0.15) is 0 Å². The van der Waals surface area contributed by atoms with E-state index in [0.717, 1.165) is 0 Å². The van der Waals surface area contributed by atoms with Crippen LogP contribution in [0.1, 0.15) is 0 Å². The van der Waals surface area contributed by atoms with Gasteiger partial charge in [-0.2, -0.15) is 0 Å². The van der Waals surface area contributed by atoms with Crippen LogP contribution in [0.4, 0.5) is 0 Å². The van der Waals surface area contributed by atoms with Crippen molar-refractivity contribution in [2.45, 2.75) is 0 Å². The maximum absolute atomic E-state index is 8.52. The van der Waals surface area contributed by atoms with Crippen LogP contribution in [0.2, 0.25) is 0 Å². The average molecular weight is 333 g/mol. The first kappa shape index (κ1) is 29.2. The molecule has 0 fully saturated rings. The maximum Gasteiger partial charge on any atom is 0.0311 e. The zero-order valence-electron chi connectivity index (χ0n) is 5.81. The zero-order chi connectivity index (χ0) is 9.00. The molecule has 0 aromatic heterocycles. The van der Waals surface area contributed by atoms with Crippen LogP contribution >= 0.6 is 0 Å². The van der Waals surface area contributed by atoms with E-state index in [-0.39, 0.29) is 32.7 Å². The van der Waals surface area contributed by atoms with Crippen molar-refractivity contribution in [2.75, 3.05) is 0 Å². The molecule has 0 bridgehead atoms. The largest absolute Gasteiger partial charge is 0.759 e.